The zero-order chi connectivity index (χ0) is 18.3. The fourth-order valence-corrected chi connectivity index (χ4v) is 5.21. The zero-order valence-electron chi connectivity index (χ0n) is 14.4. The van der Waals surface area contributed by atoms with E-state index in [1.165, 1.54) is 11.5 Å². The van der Waals surface area contributed by atoms with Crippen LogP contribution in [0.4, 0.5) is 5.00 Å². The fourth-order valence-electron chi connectivity index (χ4n) is 4.48. The standard InChI is InChI=1S/C20H18N4OS/c1-25-15-9-5-4-8-14(15)17-13-7-3-2-6-12(13)16-18(24-26-19(16)23)20(17,10-21)11-22/h4-6,8-9,13,17H,2-3,7,23H2,1H3/t13-,17+/m1/s1. The summed E-state index contributed by atoms with van der Waals surface area (Å²) in [4.78, 5) is 0. The van der Waals surface area contributed by atoms with Crippen LogP contribution in [-0.2, 0) is 5.41 Å². The van der Waals surface area contributed by atoms with Gasteiger partial charge in [0.05, 0.1) is 24.9 Å². The summed E-state index contributed by atoms with van der Waals surface area (Å²) >= 11 is 1.17. The molecule has 2 atom stereocenters. The highest BCUT2D eigenvalue weighted by atomic mass is 32.1. The third kappa shape index (κ3) is 2.09. The molecule has 0 saturated carbocycles. The molecule has 2 aromatic rings. The van der Waals surface area contributed by atoms with Crippen LogP contribution in [0.15, 0.2) is 30.3 Å². The number of nitrogens with two attached hydrogens (primary N) is 1. The van der Waals surface area contributed by atoms with Crippen molar-refractivity contribution < 1.29 is 4.74 Å². The first kappa shape index (κ1) is 16.6. The maximum absolute atomic E-state index is 10.2. The van der Waals surface area contributed by atoms with Crippen LogP contribution in [0.25, 0.3) is 5.57 Å². The summed E-state index contributed by atoms with van der Waals surface area (Å²) in [5, 5.41) is 20.9. The van der Waals surface area contributed by atoms with Gasteiger partial charge in [0, 0.05) is 17.0 Å². The molecule has 5 nitrogen and oxygen atoms in total. The molecule has 0 aliphatic heterocycles. The van der Waals surface area contributed by atoms with Gasteiger partial charge < -0.3 is 10.5 Å². The summed E-state index contributed by atoms with van der Waals surface area (Å²) in [6, 6.07) is 12.3. The minimum atomic E-state index is -1.38. The molecule has 0 unspecified atom stereocenters. The van der Waals surface area contributed by atoms with E-state index in [0.29, 0.717) is 16.4 Å². The van der Waals surface area contributed by atoms with Crippen LogP contribution in [0.1, 0.15) is 42.0 Å². The average Bonchev–Trinajstić information content (AvgIpc) is 3.09. The number of methoxy groups -OCH3 is 1. The Labute approximate surface area is 156 Å². The van der Waals surface area contributed by atoms with Crippen LogP contribution < -0.4 is 10.5 Å². The minimum Gasteiger partial charge on any atom is -0.496 e. The van der Waals surface area contributed by atoms with Gasteiger partial charge in [-0.3, -0.25) is 0 Å². The SMILES string of the molecule is COc1ccccc1[C@@H]1[C@@H]2CCCC=C2c2c(nsc2N)C1(C#N)C#N. The van der Waals surface area contributed by atoms with Gasteiger partial charge in [-0.05, 0) is 48.4 Å². The highest BCUT2D eigenvalue weighted by Gasteiger charge is 2.55. The molecule has 2 aliphatic carbocycles. The third-order valence-corrected chi connectivity index (χ3v) is 6.23. The van der Waals surface area contributed by atoms with E-state index in [1.54, 1.807) is 7.11 Å². The normalized spacial score (nSPS) is 23.0. The summed E-state index contributed by atoms with van der Waals surface area (Å²) in [6.07, 6.45) is 5.12. The zero-order valence-corrected chi connectivity index (χ0v) is 15.2. The van der Waals surface area contributed by atoms with Gasteiger partial charge in [-0.2, -0.15) is 14.9 Å². The van der Waals surface area contributed by atoms with Crippen LogP contribution in [0.3, 0.4) is 0 Å². The number of hydrogen-bond acceptors (Lipinski definition) is 6. The number of allylic oxidation sites excluding steroid dienone is 2. The Hall–Kier alpha value is -2.83. The minimum absolute atomic E-state index is 0.0468. The van der Waals surface area contributed by atoms with Gasteiger partial charge in [0.1, 0.15) is 10.8 Å². The monoisotopic (exact) mass is 362 g/mol. The molecular weight excluding hydrogens is 344 g/mol. The number of ether oxygens (including phenoxy) is 1. The van der Waals surface area contributed by atoms with Crippen molar-refractivity contribution in [2.24, 2.45) is 5.92 Å². The lowest BCUT2D eigenvalue weighted by atomic mass is 9.56. The van der Waals surface area contributed by atoms with E-state index < -0.39 is 5.41 Å². The molecule has 0 amide bonds. The van der Waals surface area contributed by atoms with Crippen LogP contribution in [0.2, 0.25) is 0 Å². The van der Waals surface area contributed by atoms with Crippen molar-refractivity contribution in [1.82, 2.24) is 4.37 Å². The van der Waals surface area contributed by atoms with Crippen LogP contribution in [-0.4, -0.2) is 11.5 Å². The van der Waals surface area contributed by atoms with Crippen molar-refractivity contribution in [2.45, 2.75) is 30.6 Å². The van der Waals surface area contributed by atoms with Crippen molar-refractivity contribution >= 4 is 22.1 Å². The third-order valence-electron chi connectivity index (χ3n) is 5.56. The van der Waals surface area contributed by atoms with Crippen molar-refractivity contribution in [2.75, 3.05) is 12.8 Å². The Balaban J connectivity index is 2.07. The first-order valence-corrected chi connectivity index (χ1v) is 9.36. The lowest BCUT2D eigenvalue weighted by molar-refractivity contribution is 0.349. The average molecular weight is 362 g/mol. The second-order valence-corrected chi connectivity index (χ2v) is 7.52. The number of rotatable bonds is 2. The van der Waals surface area contributed by atoms with E-state index in [1.807, 2.05) is 24.3 Å². The van der Waals surface area contributed by atoms with Crippen molar-refractivity contribution in [3.63, 3.8) is 0 Å². The van der Waals surface area contributed by atoms with Crippen molar-refractivity contribution in [1.29, 1.82) is 10.5 Å². The van der Waals surface area contributed by atoms with E-state index in [-0.39, 0.29) is 11.8 Å². The maximum Gasteiger partial charge on any atom is 0.194 e. The molecule has 26 heavy (non-hydrogen) atoms. The Kier molecular flexibility index (Phi) is 3.94. The summed E-state index contributed by atoms with van der Waals surface area (Å²) in [6.45, 7) is 0. The molecule has 4 rings (SSSR count). The Morgan fingerprint density at radius 1 is 1.31 bits per heavy atom. The van der Waals surface area contributed by atoms with Gasteiger partial charge in [0.25, 0.3) is 0 Å². The van der Waals surface area contributed by atoms with Gasteiger partial charge in [0.15, 0.2) is 5.41 Å². The number of benzene rings is 1. The molecule has 6 heteroatoms. The first-order valence-electron chi connectivity index (χ1n) is 8.59. The molecule has 130 valence electrons. The highest BCUT2D eigenvalue weighted by Crippen LogP contribution is 2.59. The first-order chi connectivity index (χ1) is 12.7. The second kappa shape index (κ2) is 6.16. The topological polar surface area (TPSA) is 95.7 Å². The van der Waals surface area contributed by atoms with Crippen molar-refractivity contribution in [3.05, 3.63) is 47.2 Å². The predicted octanol–water partition coefficient (Wildman–Crippen LogP) is 4.00. The molecule has 0 fully saturated rings. The molecule has 2 aliphatic rings. The smallest absolute Gasteiger partial charge is 0.194 e. The molecule has 2 N–H and O–H groups in total. The van der Waals surface area contributed by atoms with Gasteiger partial charge >= 0.3 is 0 Å². The maximum atomic E-state index is 10.2. The number of fused-ring (bicyclic) bond motifs is 3. The lowest BCUT2D eigenvalue weighted by Gasteiger charge is -2.43. The summed E-state index contributed by atoms with van der Waals surface area (Å²) in [5.74, 6) is 0.406. The van der Waals surface area contributed by atoms with Gasteiger partial charge in [-0.25, -0.2) is 0 Å². The molecule has 1 aromatic heterocycles. The van der Waals surface area contributed by atoms with E-state index in [0.717, 1.165) is 36.0 Å². The van der Waals surface area contributed by atoms with Gasteiger partial charge in [-0.15, -0.1) is 0 Å². The molecule has 1 heterocycles. The molecule has 1 aromatic carbocycles. The fraction of sp³-hybridized carbons (Fsp3) is 0.350. The van der Waals surface area contributed by atoms with Gasteiger partial charge in [-0.1, -0.05) is 24.3 Å². The van der Waals surface area contributed by atoms with Crippen LogP contribution in [0, 0.1) is 28.6 Å². The van der Waals surface area contributed by atoms with E-state index in [2.05, 4.69) is 22.6 Å². The van der Waals surface area contributed by atoms with Crippen molar-refractivity contribution in [3.8, 4) is 17.9 Å². The number of hydrogen-bond donors (Lipinski definition) is 1. The summed E-state index contributed by atoms with van der Waals surface area (Å²) < 4.78 is 10.0. The Morgan fingerprint density at radius 3 is 2.81 bits per heavy atom. The largest absolute Gasteiger partial charge is 0.496 e. The predicted molar refractivity (Wildman–Crippen MR) is 100 cm³/mol. The number of nitriles is 2. The second-order valence-electron chi connectivity index (χ2n) is 6.72. The molecular formula is C20H18N4OS. The van der Waals surface area contributed by atoms with Gasteiger partial charge in [0.2, 0.25) is 0 Å². The van der Waals surface area contributed by atoms with Crippen LogP contribution >= 0.6 is 11.5 Å². The molecule has 0 saturated heterocycles. The highest BCUT2D eigenvalue weighted by molar-refractivity contribution is 7.10. The summed E-state index contributed by atoms with van der Waals surface area (Å²) in [5.41, 5.74) is 8.17. The Bertz CT molecular complexity index is 964. The molecule has 0 spiro atoms. The van der Waals surface area contributed by atoms with E-state index in [9.17, 15) is 10.5 Å². The number of nitrogen functional groups attached to an aromatic ring is 1. The number of anilines is 1. The number of nitrogens with zero attached hydrogens (tertiary/aromatic N) is 3. The molecule has 0 radical (unpaired) electrons. The van der Waals surface area contributed by atoms with E-state index >= 15 is 0 Å². The summed E-state index contributed by atoms with van der Waals surface area (Å²) in [7, 11) is 1.62. The molecule has 0 bridgehead atoms. The Morgan fingerprint density at radius 2 is 2.08 bits per heavy atom. The lowest BCUT2D eigenvalue weighted by Crippen LogP contribution is -2.41. The van der Waals surface area contributed by atoms with E-state index in [4.69, 9.17) is 10.5 Å². The van der Waals surface area contributed by atoms with Crippen LogP contribution in [0.5, 0.6) is 5.75 Å². The quantitative estimate of drug-likeness (QED) is 0.871. The number of aromatic nitrogens is 1. The number of para-hydroxylation sites is 1.